The van der Waals surface area contributed by atoms with Gasteiger partial charge in [-0.25, -0.2) is 4.98 Å². The van der Waals surface area contributed by atoms with Gasteiger partial charge >= 0.3 is 0 Å². The highest BCUT2D eigenvalue weighted by Gasteiger charge is 2.16. The van der Waals surface area contributed by atoms with Gasteiger partial charge in [0.15, 0.2) is 0 Å². The van der Waals surface area contributed by atoms with Crippen LogP contribution in [0.3, 0.4) is 0 Å². The van der Waals surface area contributed by atoms with Gasteiger partial charge < -0.3 is 10.6 Å². The lowest BCUT2D eigenvalue weighted by molar-refractivity contribution is 0.544. The quantitative estimate of drug-likeness (QED) is 0.796. The normalized spacial score (nSPS) is 11.4. The Morgan fingerprint density at radius 1 is 1.29 bits per heavy atom. The predicted octanol–water partition coefficient (Wildman–Crippen LogP) is 3.21. The Hall–Kier alpha value is -1.32. The summed E-state index contributed by atoms with van der Waals surface area (Å²) in [4.78, 5) is 8.78. The van der Waals surface area contributed by atoms with Crippen LogP contribution in [0.15, 0.2) is 6.20 Å². The van der Waals surface area contributed by atoms with Crippen LogP contribution in [0, 0.1) is 6.92 Å². The summed E-state index contributed by atoms with van der Waals surface area (Å²) in [6, 6.07) is 0. The Morgan fingerprint density at radius 3 is 2.59 bits per heavy atom. The van der Waals surface area contributed by atoms with Crippen molar-refractivity contribution in [3.63, 3.8) is 0 Å². The van der Waals surface area contributed by atoms with E-state index in [4.69, 9.17) is 0 Å². The second-order valence-electron chi connectivity index (χ2n) is 5.01. The number of hydrogen-bond acceptors (Lipinski definition) is 4. The summed E-state index contributed by atoms with van der Waals surface area (Å²) in [5.74, 6) is 1.62. The van der Waals surface area contributed by atoms with E-state index in [2.05, 4.69) is 48.3 Å². The van der Waals surface area contributed by atoms with Gasteiger partial charge in [-0.1, -0.05) is 13.8 Å². The molecule has 0 aliphatic heterocycles. The SMILES string of the molecule is CCCNc1ncc(C)c(NC(C)(C)CC)n1. The van der Waals surface area contributed by atoms with Crippen LogP contribution in [0.25, 0.3) is 0 Å². The first-order chi connectivity index (χ1) is 7.98. The fraction of sp³-hybridized carbons (Fsp3) is 0.692. The first kappa shape index (κ1) is 13.7. The lowest BCUT2D eigenvalue weighted by Crippen LogP contribution is -2.30. The second kappa shape index (κ2) is 5.84. The molecule has 0 fully saturated rings. The molecule has 4 nitrogen and oxygen atoms in total. The zero-order valence-corrected chi connectivity index (χ0v) is 11.6. The topological polar surface area (TPSA) is 49.8 Å². The van der Waals surface area contributed by atoms with Crippen molar-refractivity contribution in [2.24, 2.45) is 0 Å². The zero-order chi connectivity index (χ0) is 12.9. The Bertz CT molecular complexity index is 360. The van der Waals surface area contributed by atoms with E-state index in [0.717, 1.165) is 30.8 Å². The number of hydrogen-bond donors (Lipinski definition) is 2. The third kappa shape index (κ3) is 4.21. The number of aryl methyl sites for hydroxylation is 1. The summed E-state index contributed by atoms with van der Waals surface area (Å²) < 4.78 is 0. The van der Waals surface area contributed by atoms with E-state index in [-0.39, 0.29) is 5.54 Å². The average Bonchev–Trinajstić information content (AvgIpc) is 2.30. The Morgan fingerprint density at radius 2 is 2.00 bits per heavy atom. The van der Waals surface area contributed by atoms with E-state index >= 15 is 0 Å². The molecule has 0 saturated carbocycles. The lowest BCUT2D eigenvalue weighted by Gasteiger charge is -2.26. The molecule has 1 rings (SSSR count). The maximum Gasteiger partial charge on any atom is 0.224 e. The molecular formula is C13H24N4. The highest BCUT2D eigenvalue weighted by atomic mass is 15.2. The fourth-order valence-corrected chi connectivity index (χ4v) is 1.30. The molecule has 17 heavy (non-hydrogen) atoms. The predicted molar refractivity (Wildman–Crippen MR) is 73.5 cm³/mol. The van der Waals surface area contributed by atoms with Gasteiger partial charge in [-0.15, -0.1) is 0 Å². The number of rotatable bonds is 6. The molecule has 1 heterocycles. The van der Waals surface area contributed by atoms with Crippen molar-refractivity contribution in [1.82, 2.24) is 9.97 Å². The van der Waals surface area contributed by atoms with Gasteiger partial charge in [-0.3, -0.25) is 0 Å². The smallest absolute Gasteiger partial charge is 0.224 e. The summed E-state index contributed by atoms with van der Waals surface area (Å²) in [7, 11) is 0. The van der Waals surface area contributed by atoms with Crippen LogP contribution in [0.1, 0.15) is 46.1 Å². The highest BCUT2D eigenvalue weighted by molar-refractivity contribution is 5.47. The van der Waals surface area contributed by atoms with Crippen LogP contribution < -0.4 is 10.6 Å². The Labute approximate surface area is 104 Å². The third-order valence-electron chi connectivity index (χ3n) is 2.85. The number of nitrogens with zero attached hydrogens (tertiary/aromatic N) is 2. The molecule has 1 aromatic heterocycles. The van der Waals surface area contributed by atoms with Gasteiger partial charge in [0.2, 0.25) is 5.95 Å². The summed E-state index contributed by atoms with van der Waals surface area (Å²) >= 11 is 0. The minimum absolute atomic E-state index is 0.0567. The van der Waals surface area contributed by atoms with Crippen LogP contribution in [0.5, 0.6) is 0 Å². The molecule has 1 aromatic rings. The standard InChI is InChI=1S/C13H24N4/c1-6-8-14-12-15-9-10(3)11(16-12)17-13(4,5)7-2/h9H,6-8H2,1-5H3,(H2,14,15,16,17). The summed E-state index contributed by atoms with van der Waals surface area (Å²) in [5.41, 5.74) is 1.13. The second-order valence-corrected chi connectivity index (χ2v) is 5.01. The van der Waals surface area contributed by atoms with Crippen LogP contribution in [-0.2, 0) is 0 Å². The number of anilines is 2. The van der Waals surface area contributed by atoms with Crippen molar-refractivity contribution in [2.75, 3.05) is 17.2 Å². The molecule has 0 bridgehead atoms. The van der Waals surface area contributed by atoms with Crippen molar-refractivity contribution in [3.8, 4) is 0 Å². The van der Waals surface area contributed by atoms with Crippen LogP contribution in [0.2, 0.25) is 0 Å². The monoisotopic (exact) mass is 236 g/mol. The first-order valence-electron chi connectivity index (χ1n) is 6.34. The van der Waals surface area contributed by atoms with Crippen molar-refractivity contribution in [1.29, 1.82) is 0 Å². The largest absolute Gasteiger partial charge is 0.365 e. The molecule has 0 amide bonds. The molecule has 0 aromatic carbocycles. The van der Waals surface area contributed by atoms with Crippen molar-refractivity contribution in [3.05, 3.63) is 11.8 Å². The molecule has 0 spiro atoms. The number of aromatic nitrogens is 2. The van der Waals surface area contributed by atoms with Crippen LogP contribution in [-0.4, -0.2) is 22.1 Å². The van der Waals surface area contributed by atoms with Gasteiger partial charge in [0.25, 0.3) is 0 Å². The van der Waals surface area contributed by atoms with Crippen LogP contribution >= 0.6 is 0 Å². The molecule has 0 saturated heterocycles. The molecule has 2 N–H and O–H groups in total. The average molecular weight is 236 g/mol. The Balaban J connectivity index is 2.83. The van der Waals surface area contributed by atoms with E-state index in [0.29, 0.717) is 5.95 Å². The van der Waals surface area contributed by atoms with Crippen LogP contribution in [0.4, 0.5) is 11.8 Å². The molecule has 0 radical (unpaired) electrons. The summed E-state index contributed by atoms with van der Waals surface area (Å²) in [5, 5.41) is 6.67. The maximum absolute atomic E-state index is 4.51. The van der Waals surface area contributed by atoms with E-state index in [1.807, 2.05) is 13.1 Å². The lowest BCUT2D eigenvalue weighted by atomic mass is 10.0. The molecule has 0 unspecified atom stereocenters. The third-order valence-corrected chi connectivity index (χ3v) is 2.85. The molecule has 96 valence electrons. The molecular weight excluding hydrogens is 212 g/mol. The van der Waals surface area contributed by atoms with Gasteiger partial charge in [-0.2, -0.15) is 4.98 Å². The minimum atomic E-state index is 0.0567. The molecule has 0 atom stereocenters. The van der Waals surface area contributed by atoms with Gasteiger partial charge in [0, 0.05) is 23.8 Å². The van der Waals surface area contributed by atoms with E-state index in [9.17, 15) is 0 Å². The van der Waals surface area contributed by atoms with E-state index < -0.39 is 0 Å². The maximum atomic E-state index is 4.51. The highest BCUT2D eigenvalue weighted by Crippen LogP contribution is 2.19. The van der Waals surface area contributed by atoms with Crippen molar-refractivity contribution >= 4 is 11.8 Å². The molecule has 0 aliphatic rings. The van der Waals surface area contributed by atoms with Gasteiger partial charge in [0.1, 0.15) is 5.82 Å². The molecule has 4 heteroatoms. The Kier molecular flexibility index (Phi) is 4.73. The first-order valence-corrected chi connectivity index (χ1v) is 6.34. The van der Waals surface area contributed by atoms with E-state index in [1.165, 1.54) is 0 Å². The fourth-order valence-electron chi connectivity index (χ4n) is 1.30. The van der Waals surface area contributed by atoms with Crippen molar-refractivity contribution in [2.45, 2.75) is 53.0 Å². The number of nitrogens with one attached hydrogen (secondary N) is 2. The summed E-state index contributed by atoms with van der Waals surface area (Å²) in [6.45, 7) is 11.6. The van der Waals surface area contributed by atoms with Gasteiger partial charge in [0.05, 0.1) is 0 Å². The summed E-state index contributed by atoms with van der Waals surface area (Å²) in [6.07, 6.45) is 3.98. The van der Waals surface area contributed by atoms with E-state index in [1.54, 1.807) is 0 Å². The molecule has 0 aliphatic carbocycles. The van der Waals surface area contributed by atoms with Crippen molar-refractivity contribution < 1.29 is 0 Å². The minimum Gasteiger partial charge on any atom is -0.365 e. The zero-order valence-electron chi connectivity index (χ0n) is 11.6. The van der Waals surface area contributed by atoms with Gasteiger partial charge in [-0.05, 0) is 33.6 Å².